The molecule has 226 valence electrons. The van der Waals surface area contributed by atoms with Crippen LogP contribution < -0.4 is 0 Å². The normalized spacial score (nSPS) is 26.3. The van der Waals surface area contributed by atoms with Gasteiger partial charge in [0.15, 0.2) is 6.29 Å². The molecule has 1 aliphatic heterocycles. The van der Waals surface area contributed by atoms with Crippen molar-refractivity contribution in [3.05, 3.63) is 48.0 Å². The summed E-state index contributed by atoms with van der Waals surface area (Å²) in [5.41, 5.74) is 0.954. The molecule has 2 N–H and O–H groups in total. The minimum absolute atomic E-state index is 0.0369. The number of carbonyl (C=O) groups is 1. The Kier molecular flexibility index (Phi) is 14.0. The standard InChI is InChI=1S/C32H48F2O6/c1-2-3-20-32(33,34)29(36)19-18-26-25(27(35)22-28(26)40-31-17-11-12-21-38-31)15-9-4-5-10-16-30(37)39-23-24-13-7-6-8-14-24/h4,6-9,13-14,25-29,31,35-36H,2-3,5,10-12,15-23H2,1H3/b9-4-/t25-,26-,27+,28-,29?,31?/m1/s1. The number of alkyl halides is 2. The average Bonchev–Trinajstić information content (AvgIpc) is 3.25. The fourth-order valence-electron chi connectivity index (χ4n) is 5.74. The second kappa shape index (κ2) is 17.2. The number of unbranched alkanes of at least 4 members (excludes halogenated alkanes) is 2. The van der Waals surface area contributed by atoms with Gasteiger partial charge in [-0.05, 0) is 75.2 Å². The van der Waals surface area contributed by atoms with Gasteiger partial charge in [0.05, 0.1) is 12.2 Å². The molecule has 0 aromatic heterocycles. The molecule has 40 heavy (non-hydrogen) atoms. The van der Waals surface area contributed by atoms with Crippen LogP contribution in [-0.2, 0) is 25.6 Å². The highest BCUT2D eigenvalue weighted by molar-refractivity contribution is 5.69. The van der Waals surface area contributed by atoms with Crippen molar-refractivity contribution in [1.82, 2.24) is 0 Å². The molecule has 6 nitrogen and oxygen atoms in total. The van der Waals surface area contributed by atoms with Crippen LogP contribution in [0.1, 0.15) is 96.0 Å². The van der Waals surface area contributed by atoms with Crippen LogP contribution in [0.5, 0.6) is 0 Å². The van der Waals surface area contributed by atoms with Gasteiger partial charge in [0.1, 0.15) is 12.7 Å². The lowest BCUT2D eigenvalue weighted by molar-refractivity contribution is -0.197. The number of benzene rings is 1. The predicted molar refractivity (Wildman–Crippen MR) is 150 cm³/mol. The molecule has 2 fully saturated rings. The van der Waals surface area contributed by atoms with Gasteiger partial charge < -0.3 is 24.4 Å². The van der Waals surface area contributed by atoms with Crippen molar-refractivity contribution in [2.24, 2.45) is 11.8 Å². The fourth-order valence-corrected chi connectivity index (χ4v) is 5.74. The molecule has 1 saturated carbocycles. The van der Waals surface area contributed by atoms with E-state index < -0.39 is 18.1 Å². The summed E-state index contributed by atoms with van der Waals surface area (Å²) < 4.78 is 46.2. The van der Waals surface area contributed by atoms with Gasteiger partial charge in [-0.25, -0.2) is 8.78 Å². The topological polar surface area (TPSA) is 85.2 Å². The van der Waals surface area contributed by atoms with Gasteiger partial charge in [-0.3, -0.25) is 4.79 Å². The number of rotatable bonds is 17. The van der Waals surface area contributed by atoms with E-state index in [4.69, 9.17) is 14.2 Å². The van der Waals surface area contributed by atoms with Crippen LogP contribution in [0.2, 0.25) is 0 Å². The highest BCUT2D eigenvalue weighted by atomic mass is 19.3. The summed E-state index contributed by atoms with van der Waals surface area (Å²) in [4.78, 5) is 12.0. The minimum Gasteiger partial charge on any atom is -0.461 e. The van der Waals surface area contributed by atoms with E-state index in [0.29, 0.717) is 58.0 Å². The molecule has 0 radical (unpaired) electrons. The molecule has 0 amide bonds. The molecule has 6 atom stereocenters. The molecule has 3 rings (SSSR count). The zero-order valence-electron chi connectivity index (χ0n) is 23.9. The number of carbonyl (C=O) groups excluding carboxylic acids is 1. The molecule has 1 aromatic carbocycles. The molecule has 0 spiro atoms. The van der Waals surface area contributed by atoms with Crippen molar-refractivity contribution in [2.45, 2.75) is 128 Å². The highest BCUT2D eigenvalue weighted by Crippen LogP contribution is 2.42. The number of hydrogen-bond acceptors (Lipinski definition) is 6. The number of esters is 1. The lowest BCUT2D eigenvalue weighted by Gasteiger charge is -2.31. The van der Waals surface area contributed by atoms with Crippen LogP contribution in [0.25, 0.3) is 0 Å². The van der Waals surface area contributed by atoms with Gasteiger partial charge in [0, 0.05) is 25.9 Å². The number of ether oxygens (including phenoxy) is 3. The SMILES string of the molecule is CCCCC(F)(F)C(O)CC[C@@H]1[C@@H](C/C=C\CCCC(=O)OCc2ccccc2)[C@@H](O)C[C@H]1OC1CCCCO1. The second-order valence-corrected chi connectivity index (χ2v) is 11.3. The maximum Gasteiger partial charge on any atom is 0.306 e. The van der Waals surface area contributed by atoms with Gasteiger partial charge in [-0.1, -0.05) is 55.8 Å². The van der Waals surface area contributed by atoms with E-state index in [0.717, 1.165) is 24.8 Å². The van der Waals surface area contributed by atoms with Gasteiger partial charge in [0.2, 0.25) is 0 Å². The molecule has 2 aliphatic rings. The summed E-state index contributed by atoms with van der Waals surface area (Å²) in [6, 6.07) is 9.56. The van der Waals surface area contributed by atoms with E-state index in [9.17, 15) is 23.8 Å². The number of aliphatic hydroxyl groups is 2. The second-order valence-electron chi connectivity index (χ2n) is 11.3. The van der Waals surface area contributed by atoms with E-state index in [1.165, 1.54) is 0 Å². The minimum atomic E-state index is -3.12. The molecule has 1 aromatic rings. The summed E-state index contributed by atoms with van der Waals surface area (Å²) in [6.45, 7) is 2.76. The van der Waals surface area contributed by atoms with E-state index in [1.807, 2.05) is 49.4 Å². The molecule has 0 bridgehead atoms. The van der Waals surface area contributed by atoms with Gasteiger partial charge in [-0.15, -0.1) is 0 Å². The lowest BCUT2D eigenvalue weighted by atomic mass is 9.85. The Morgan fingerprint density at radius 2 is 1.98 bits per heavy atom. The van der Waals surface area contributed by atoms with Crippen molar-refractivity contribution in [3.8, 4) is 0 Å². The van der Waals surface area contributed by atoms with Crippen LogP contribution in [0.3, 0.4) is 0 Å². The first-order valence-electron chi connectivity index (χ1n) is 15.2. The lowest BCUT2D eigenvalue weighted by Crippen LogP contribution is -2.36. The number of hydrogen-bond donors (Lipinski definition) is 2. The molecule has 1 saturated heterocycles. The third kappa shape index (κ3) is 10.8. The molecule has 2 unspecified atom stereocenters. The summed E-state index contributed by atoms with van der Waals surface area (Å²) in [5, 5.41) is 21.2. The van der Waals surface area contributed by atoms with Crippen molar-refractivity contribution >= 4 is 5.97 Å². The zero-order valence-corrected chi connectivity index (χ0v) is 23.9. The Morgan fingerprint density at radius 3 is 2.70 bits per heavy atom. The van der Waals surface area contributed by atoms with Crippen LogP contribution in [0.4, 0.5) is 8.78 Å². The largest absolute Gasteiger partial charge is 0.461 e. The number of halogens is 2. The highest BCUT2D eigenvalue weighted by Gasteiger charge is 2.45. The van der Waals surface area contributed by atoms with E-state index in [-0.39, 0.29) is 49.6 Å². The Bertz CT molecular complexity index is 873. The summed E-state index contributed by atoms with van der Waals surface area (Å²) >= 11 is 0. The maximum absolute atomic E-state index is 14.4. The third-order valence-electron chi connectivity index (χ3n) is 8.15. The number of allylic oxidation sites excluding steroid dienone is 2. The average molecular weight is 567 g/mol. The zero-order chi connectivity index (χ0) is 28.8. The summed E-state index contributed by atoms with van der Waals surface area (Å²) in [7, 11) is 0. The van der Waals surface area contributed by atoms with E-state index in [2.05, 4.69) is 0 Å². The van der Waals surface area contributed by atoms with E-state index in [1.54, 1.807) is 0 Å². The maximum atomic E-state index is 14.4. The molecule has 8 heteroatoms. The smallest absolute Gasteiger partial charge is 0.306 e. The quantitative estimate of drug-likeness (QED) is 0.124. The molecule has 1 heterocycles. The van der Waals surface area contributed by atoms with Crippen LogP contribution in [0, 0.1) is 11.8 Å². The molecular weight excluding hydrogens is 518 g/mol. The van der Waals surface area contributed by atoms with Crippen molar-refractivity contribution < 1.29 is 38.0 Å². The van der Waals surface area contributed by atoms with Gasteiger partial charge in [0.25, 0.3) is 5.92 Å². The first-order chi connectivity index (χ1) is 19.3. The first kappa shape index (κ1) is 32.6. The van der Waals surface area contributed by atoms with Crippen LogP contribution in [0.15, 0.2) is 42.5 Å². The van der Waals surface area contributed by atoms with Crippen LogP contribution in [-0.4, -0.2) is 53.3 Å². The Hall–Kier alpha value is -1.87. The predicted octanol–water partition coefficient (Wildman–Crippen LogP) is 6.72. The fraction of sp³-hybridized carbons (Fsp3) is 0.719. The summed E-state index contributed by atoms with van der Waals surface area (Å²) in [5.74, 6) is -3.66. The molecular formula is C32H48F2O6. The van der Waals surface area contributed by atoms with Gasteiger partial charge in [-0.2, -0.15) is 0 Å². The number of aliphatic hydroxyl groups excluding tert-OH is 2. The Labute approximate surface area is 238 Å². The third-order valence-corrected chi connectivity index (χ3v) is 8.15. The monoisotopic (exact) mass is 566 g/mol. The van der Waals surface area contributed by atoms with E-state index >= 15 is 0 Å². The van der Waals surface area contributed by atoms with Gasteiger partial charge >= 0.3 is 5.97 Å². The van der Waals surface area contributed by atoms with Crippen LogP contribution >= 0.6 is 0 Å². The Morgan fingerprint density at radius 1 is 1.18 bits per heavy atom. The summed E-state index contributed by atoms with van der Waals surface area (Å²) in [6.07, 6.45) is 7.55. The molecule has 1 aliphatic carbocycles. The van der Waals surface area contributed by atoms with Crippen molar-refractivity contribution in [2.75, 3.05) is 6.61 Å². The van der Waals surface area contributed by atoms with Crippen molar-refractivity contribution in [1.29, 1.82) is 0 Å². The van der Waals surface area contributed by atoms with Crippen molar-refractivity contribution in [3.63, 3.8) is 0 Å². The Balaban J connectivity index is 1.48. The first-order valence-corrected chi connectivity index (χ1v) is 15.2.